The van der Waals surface area contributed by atoms with E-state index >= 15 is 0 Å². The number of hydrogen-bond acceptors (Lipinski definition) is 5. The molecule has 0 amide bonds. The van der Waals surface area contributed by atoms with Gasteiger partial charge in [0, 0.05) is 5.56 Å². The molecule has 0 aliphatic carbocycles. The number of carbonyl (C=O) groups excluding carboxylic acids is 1. The molecule has 2 aromatic carbocycles. The lowest BCUT2D eigenvalue weighted by Crippen LogP contribution is -2.12. The number of ether oxygens (including phenoxy) is 4. The predicted octanol–water partition coefficient (Wildman–Crippen LogP) is 4.02. The second-order valence-corrected chi connectivity index (χ2v) is 5.41. The molecule has 0 heterocycles. The van der Waals surface area contributed by atoms with Crippen LogP contribution in [0.15, 0.2) is 48.5 Å². The lowest BCUT2D eigenvalue weighted by Gasteiger charge is -2.12. The van der Waals surface area contributed by atoms with Crippen LogP contribution in [-0.2, 0) is 4.74 Å². The van der Waals surface area contributed by atoms with Crippen molar-refractivity contribution in [2.75, 3.05) is 33.5 Å². The van der Waals surface area contributed by atoms with E-state index in [1.807, 2.05) is 37.3 Å². The summed E-state index contributed by atoms with van der Waals surface area (Å²) in [6.07, 6.45) is 4.78. The van der Waals surface area contributed by atoms with Crippen molar-refractivity contribution in [1.82, 2.24) is 0 Å². The zero-order valence-corrected chi connectivity index (χ0v) is 15.1. The first-order chi connectivity index (χ1) is 12.8. The number of methoxy groups -OCH3 is 1. The second kappa shape index (κ2) is 10.9. The Morgan fingerprint density at radius 1 is 0.846 bits per heavy atom. The molecule has 0 radical (unpaired) electrons. The zero-order chi connectivity index (χ0) is 18.6. The van der Waals surface area contributed by atoms with Crippen LogP contribution in [0.4, 0.5) is 0 Å². The van der Waals surface area contributed by atoms with Crippen molar-refractivity contribution in [3.05, 3.63) is 59.7 Å². The van der Waals surface area contributed by atoms with Gasteiger partial charge in [0.25, 0.3) is 0 Å². The first-order valence-electron chi connectivity index (χ1n) is 8.46. The summed E-state index contributed by atoms with van der Waals surface area (Å²) in [5.74, 6) is 2.10. The first-order valence-corrected chi connectivity index (χ1v) is 8.46. The summed E-state index contributed by atoms with van der Waals surface area (Å²) < 4.78 is 22.1. The molecule has 0 saturated heterocycles. The molecule has 0 spiro atoms. The van der Waals surface area contributed by atoms with E-state index in [1.165, 1.54) is 0 Å². The van der Waals surface area contributed by atoms with Crippen molar-refractivity contribution in [1.29, 1.82) is 0 Å². The van der Waals surface area contributed by atoms with E-state index in [2.05, 4.69) is 0 Å². The maximum absolute atomic E-state index is 10.6. The normalized spacial score (nSPS) is 10.7. The number of hydrogen-bond donors (Lipinski definition) is 0. The highest BCUT2D eigenvalue weighted by Crippen LogP contribution is 2.28. The average molecular weight is 356 g/mol. The van der Waals surface area contributed by atoms with E-state index in [9.17, 15) is 4.79 Å². The quantitative estimate of drug-likeness (QED) is 0.450. The molecule has 0 aliphatic rings. The molecule has 0 aromatic heterocycles. The molecular weight excluding hydrogens is 332 g/mol. The number of allylic oxidation sites excluding steroid dienone is 1. The predicted molar refractivity (Wildman–Crippen MR) is 101 cm³/mol. The van der Waals surface area contributed by atoms with Gasteiger partial charge in [0.05, 0.1) is 20.3 Å². The molecule has 0 atom stereocenters. The summed E-state index contributed by atoms with van der Waals surface area (Å²) in [5.41, 5.74) is 1.69. The van der Waals surface area contributed by atoms with Crippen LogP contribution in [0.25, 0.3) is 6.08 Å². The molecular formula is C21H24O5. The Balaban J connectivity index is 1.65. The minimum absolute atomic E-state index is 0.424. The highest BCUT2D eigenvalue weighted by molar-refractivity contribution is 5.74. The topological polar surface area (TPSA) is 54.0 Å². The molecule has 0 N–H and O–H groups in total. The molecule has 26 heavy (non-hydrogen) atoms. The van der Waals surface area contributed by atoms with Gasteiger partial charge in [0.1, 0.15) is 25.2 Å². The maximum atomic E-state index is 10.6. The van der Waals surface area contributed by atoms with E-state index in [0.717, 1.165) is 11.8 Å². The van der Waals surface area contributed by atoms with Crippen molar-refractivity contribution >= 4 is 12.4 Å². The van der Waals surface area contributed by atoms with Crippen molar-refractivity contribution in [2.24, 2.45) is 0 Å². The van der Waals surface area contributed by atoms with Gasteiger partial charge in [-0.2, -0.15) is 0 Å². The van der Waals surface area contributed by atoms with Gasteiger partial charge in [-0.1, -0.05) is 18.2 Å². The highest BCUT2D eigenvalue weighted by Gasteiger charge is 2.04. The van der Waals surface area contributed by atoms with E-state index in [0.29, 0.717) is 49.2 Å². The molecule has 2 rings (SSSR count). The largest absolute Gasteiger partial charge is 0.493 e. The van der Waals surface area contributed by atoms with E-state index in [4.69, 9.17) is 18.9 Å². The van der Waals surface area contributed by atoms with Crippen LogP contribution in [-0.4, -0.2) is 39.8 Å². The van der Waals surface area contributed by atoms with Gasteiger partial charge in [-0.3, -0.25) is 4.79 Å². The van der Waals surface area contributed by atoms with Crippen molar-refractivity contribution in [2.45, 2.75) is 6.92 Å². The fraction of sp³-hybridized carbons (Fsp3) is 0.286. The Morgan fingerprint density at radius 2 is 1.54 bits per heavy atom. The average Bonchev–Trinajstić information content (AvgIpc) is 2.68. The molecule has 0 aliphatic heterocycles. The summed E-state index contributed by atoms with van der Waals surface area (Å²) >= 11 is 0. The van der Waals surface area contributed by atoms with Gasteiger partial charge in [0.2, 0.25) is 0 Å². The number of carbonyl (C=O) groups is 1. The van der Waals surface area contributed by atoms with Gasteiger partial charge < -0.3 is 18.9 Å². The second-order valence-electron chi connectivity index (χ2n) is 5.41. The third-order valence-electron chi connectivity index (χ3n) is 3.54. The minimum atomic E-state index is 0.424. The van der Waals surface area contributed by atoms with Crippen LogP contribution in [0.3, 0.4) is 0 Å². The molecule has 0 saturated carbocycles. The van der Waals surface area contributed by atoms with Crippen LogP contribution in [0.2, 0.25) is 0 Å². The van der Waals surface area contributed by atoms with Crippen molar-refractivity contribution in [3.63, 3.8) is 0 Å². The number of rotatable bonds is 11. The molecule has 0 unspecified atom stereocenters. The van der Waals surface area contributed by atoms with Gasteiger partial charge in [-0.25, -0.2) is 0 Å². The monoisotopic (exact) mass is 356 g/mol. The third kappa shape index (κ3) is 6.26. The van der Waals surface area contributed by atoms with Gasteiger partial charge in [0.15, 0.2) is 11.5 Å². The summed E-state index contributed by atoms with van der Waals surface area (Å²) in [5, 5.41) is 0. The van der Waals surface area contributed by atoms with Gasteiger partial charge >= 0.3 is 0 Å². The maximum Gasteiger partial charge on any atom is 0.161 e. The van der Waals surface area contributed by atoms with Gasteiger partial charge in [-0.05, 0) is 48.9 Å². The standard InChI is InChI=1S/C21H24O5/c1-3-4-17-7-10-20(21(15-17)23-2)26-14-12-24-11-13-25-19-8-5-18(16-22)6-9-19/h3-10,15-16H,11-14H2,1-2H3. The molecule has 5 nitrogen and oxygen atoms in total. The summed E-state index contributed by atoms with van der Waals surface area (Å²) in [6.45, 7) is 3.73. The Kier molecular flexibility index (Phi) is 8.23. The Labute approximate surface area is 154 Å². The minimum Gasteiger partial charge on any atom is -0.493 e. The third-order valence-corrected chi connectivity index (χ3v) is 3.54. The smallest absolute Gasteiger partial charge is 0.161 e. The van der Waals surface area contributed by atoms with Crippen molar-refractivity contribution < 1.29 is 23.7 Å². The van der Waals surface area contributed by atoms with E-state index < -0.39 is 0 Å². The Bertz CT molecular complexity index is 707. The zero-order valence-electron chi connectivity index (χ0n) is 15.1. The molecule has 0 fully saturated rings. The summed E-state index contributed by atoms with van der Waals surface area (Å²) in [7, 11) is 1.62. The summed E-state index contributed by atoms with van der Waals surface area (Å²) in [6, 6.07) is 12.7. The SMILES string of the molecule is CC=Cc1ccc(OCCOCCOc2ccc(C=O)cc2)c(OC)c1. The Hall–Kier alpha value is -2.79. The fourth-order valence-corrected chi connectivity index (χ4v) is 2.27. The molecule has 2 aromatic rings. The summed E-state index contributed by atoms with van der Waals surface area (Å²) in [4.78, 5) is 10.6. The fourth-order valence-electron chi connectivity index (χ4n) is 2.27. The molecule has 5 heteroatoms. The highest BCUT2D eigenvalue weighted by atomic mass is 16.6. The van der Waals surface area contributed by atoms with Crippen LogP contribution in [0, 0.1) is 0 Å². The number of aldehydes is 1. The van der Waals surface area contributed by atoms with Crippen LogP contribution in [0.1, 0.15) is 22.8 Å². The lowest BCUT2D eigenvalue weighted by molar-refractivity contribution is 0.0757. The lowest BCUT2D eigenvalue weighted by atomic mass is 10.2. The first kappa shape index (κ1) is 19.5. The van der Waals surface area contributed by atoms with E-state index in [1.54, 1.807) is 31.4 Å². The molecule has 138 valence electrons. The van der Waals surface area contributed by atoms with Gasteiger partial charge in [-0.15, -0.1) is 0 Å². The molecule has 0 bridgehead atoms. The van der Waals surface area contributed by atoms with Crippen molar-refractivity contribution in [3.8, 4) is 17.2 Å². The van der Waals surface area contributed by atoms with Crippen LogP contribution >= 0.6 is 0 Å². The Morgan fingerprint density at radius 3 is 2.19 bits per heavy atom. The van der Waals surface area contributed by atoms with Crippen LogP contribution in [0.5, 0.6) is 17.2 Å². The number of benzene rings is 2. The van der Waals surface area contributed by atoms with Crippen LogP contribution < -0.4 is 14.2 Å². The van der Waals surface area contributed by atoms with E-state index in [-0.39, 0.29) is 0 Å².